The van der Waals surface area contributed by atoms with Crippen LogP contribution in [0.4, 0.5) is 0 Å². The van der Waals surface area contributed by atoms with Crippen molar-refractivity contribution in [1.29, 1.82) is 0 Å². The van der Waals surface area contributed by atoms with Gasteiger partial charge in [0, 0.05) is 10.9 Å². The lowest BCUT2D eigenvalue weighted by molar-refractivity contribution is -0.144. The van der Waals surface area contributed by atoms with Crippen molar-refractivity contribution < 1.29 is 18.4 Å². The van der Waals surface area contributed by atoms with E-state index in [4.69, 9.17) is 13.6 Å². The minimum Gasteiger partial charge on any atom is -0.457 e. The Balaban J connectivity index is 1.37. The molecule has 0 amide bonds. The standard InChI is InChI=1S/C20H15NO4/c22-19(23-13-17-10-15-8-4-5-9-18(15)25-17)11-16-12-24-20(21-16)14-6-2-1-3-7-14/h1-10,12H,11,13H2. The minimum absolute atomic E-state index is 0.0521. The first-order chi connectivity index (χ1) is 12.3. The van der Waals surface area contributed by atoms with Gasteiger partial charge in [0.2, 0.25) is 5.89 Å². The average molecular weight is 333 g/mol. The highest BCUT2D eigenvalue weighted by molar-refractivity contribution is 5.77. The first-order valence-corrected chi connectivity index (χ1v) is 7.91. The van der Waals surface area contributed by atoms with Gasteiger partial charge in [0.05, 0.1) is 12.1 Å². The number of rotatable bonds is 5. The van der Waals surface area contributed by atoms with Crippen LogP contribution in [0.5, 0.6) is 0 Å². The van der Waals surface area contributed by atoms with Crippen LogP contribution in [0.25, 0.3) is 22.4 Å². The molecule has 0 aliphatic heterocycles. The quantitative estimate of drug-likeness (QED) is 0.507. The molecule has 5 heteroatoms. The van der Waals surface area contributed by atoms with Gasteiger partial charge in [-0.1, -0.05) is 36.4 Å². The largest absolute Gasteiger partial charge is 0.457 e. The number of ether oxygens (including phenoxy) is 1. The van der Waals surface area contributed by atoms with E-state index in [0.717, 1.165) is 16.5 Å². The van der Waals surface area contributed by atoms with Gasteiger partial charge >= 0.3 is 5.97 Å². The predicted octanol–water partition coefficient (Wildman–Crippen LogP) is 4.37. The van der Waals surface area contributed by atoms with E-state index in [0.29, 0.717) is 17.3 Å². The van der Waals surface area contributed by atoms with E-state index in [2.05, 4.69) is 4.98 Å². The van der Waals surface area contributed by atoms with Gasteiger partial charge in [-0.15, -0.1) is 0 Å². The predicted molar refractivity (Wildman–Crippen MR) is 91.7 cm³/mol. The monoisotopic (exact) mass is 333 g/mol. The van der Waals surface area contributed by atoms with Crippen molar-refractivity contribution in [1.82, 2.24) is 4.98 Å². The summed E-state index contributed by atoms with van der Waals surface area (Å²) in [5.41, 5.74) is 2.18. The van der Waals surface area contributed by atoms with Crippen LogP contribution in [0.1, 0.15) is 11.5 Å². The number of hydrogen-bond donors (Lipinski definition) is 0. The summed E-state index contributed by atoms with van der Waals surface area (Å²) < 4.78 is 16.3. The number of oxazole rings is 1. The lowest BCUT2D eigenvalue weighted by atomic mass is 10.2. The molecule has 25 heavy (non-hydrogen) atoms. The molecule has 0 unspecified atom stereocenters. The van der Waals surface area contributed by atoms with Crippen LogP contribution in [-0.4, -0.2) is 11.0 Å². The van der Waals surface area contributed by atoms with Crippen molar-refractivity contribution in [3.05, 3.63) is 78.4 Å². The third-order valence-electron chi connectivity index (χ3n) is 3.75. The van der Waals surface area contributed by atoms with Crippen LogP contribution in [0, 0.1) is 0 Å². The molecule has 124 valence electrons. The van der Waals surface area contributed by atoms with E-state index in [-0.39, 0.29) is 19.0 Å². The van der Waals surface area contributed by atoms with Gasteiger partial charge in [0.1, 0.15) is 24.2 Å². The maximum atomic E-state index is 12.0. The van der Waals surface area contributed by atoms with Crippen LogP contribution < -0.4 is 0 Å². The molecule has 0 aliphatic rings. The molecule has 0 spiro atoms. The second-order valence-electron chi connectivity index (χ2n) is 5.60. The van der Waals surface area contributed by atoms with Gasteiger partial charge < -0.3 is 13.6 Å². The minimum atomic E-state index is -0.381. The number of fused-ring (bicyclic) bond motifs is 1. The molecule has 0 saturated heterocycles. The fraction of sp³-hybridized carbons (Fsp3) is 0.100. The lowest BCUT2D eigenvalue weighted by Gasteiger charge is -2.00. The third kappa shape index (κ3) is 3.45. The molecule has 4 aromatic rings. The summed E-state index contributed by atoms with van der Waals surface area (Å²) >= 11 is 0. The van der Waals surface area contributed by atoms with E-state index in [1.807, 2.05) is 60.7 Å². The Kier molecular flexibility index (Phi) is 4.04. The lowest BCUT2D eigenvalue weighted by Crippen LogP contribution is -2.07. The molecule has 4 rings (SSSR count). The molecule has 0 atom stereocenters. The Hall–Kier alpha value is -3.34. The topological polar surface area (TPSA) is 65.5 Å². The smallest absolute Gasteiger partial charge is 0.312 e. The number of furan rings is 1. The zero-order valence-corrected chi connectivity index (χ0v) is 13.3. The Morgan fingerprint density at radius 2 is 1.84 bits per heavy atom. The summed E-state index contributed by atoms with van der Waals surface area (Å²) in [5, 5.41) is 0.984. The molecule has 2 heterocycles. The number of hydrogen-bond acceptors (Lipinski definition) is 5. The molecule has 2 aromatic carbocycles. The van der Waals surface area contributed by atoms with Gasteiger partial charge in [-0.25, -0.2) is 4.98 Å². The zero-order chi connectivity index (χ0) is 17.1. The van der Waals surface area contributed by atoms with Crippen molar-refractivity contribution in [2.75, 3.05) is 0 Å². The molecular weight excluding hydrogens is 318 g/mol. The number of carbonyl (C=O) groups is 1. The first kappa shape index (κ1) is 15.2. The average Bonchev–Trinajstić information content (AvgIpc) is 3.27. The third-order valence-corrected chi connectivity index (χ3v) is 3.75. The van der Waals surface area contributed by atoms with E-state index in [1.54, 1.807) is 0 Å². The molecule has 0 aliphatic carbocycles. The fourth-order valence-electron chi connectivity index (χ4n) is 2.56. The van der Waals surface area contributed by atoms with E-state index in [1.165, 1.54) is 6.26 Å². The number of carbonyl (C=O) groups excluding carboxylic acids is 1. The van der Waals surface area contributed by atoms with Gasteiger partial charge in [-0.3, -0.25) is 4.79 Å². The summed E-state index contributed by atoms with van der Waals surface area (Å²) in [6.45, 7) is 0.0942. The molecule has 0 saturated carbocycles. The number of esters is 1. The summed E-state index contributed by atoms with van der Waals surface area (Å²) in [7, 11) is 0. The maximum absolute atomic E-state index is 12.0. The van der Waals surface area contributed by atoms with E-state index in [9.17, 15) is 4.79 Å². The second-order valence-corrected chi connectivity index (χ2v) is 5.60. The van der Waals surface area contributed by atoms with Crippen LogP contribution in [0.15, 0.2) is 75.8 Å². The highest BCUT2D eigenvalue weighted by atomic mass is 16.5. The van der Waals surface area contributed by atoms with Crippen LogP contribution in [0.2, 0.25) is 0 Å². The summed E-state index contributed by atoms with van der Waals surface area (Å²) in [5.74, 6) is 0.716. The molecule has 5 nitrogen and oxygen atoms in total. The van der Waals surface area contributed by atoms with Gasteiger partial charge in [0.25, 0.3) is 0 Å². The number of benzene rings is 2. The molecule has 0 radical (unpaired) electrons. The van der Waals surface area contributed by atoms with Crippen molar-refractivity contribution in [3.8, 4) is 11.5 Å². The fourth-order valence-corrected chi connectivity index (χ4v) is 2.56. The SMILES string of the molecule is O=C(Cc1coc(-c2ccccc2)n1)OCc1cc2ccccc2o1. The van der Waals surface area contributed by atoms with Crippen molar-refractivity contribution >= 4 is 16.9 Å². The van der Waals surface area contributed by atoms with Crippen molar-refractivity contribution in [3.63, 3.8) is 0 Å². The van der Waals surface area contributed by atoms with Gasteiger partial charge in [-0.05, 0) is 24.3 Å². The zero-order valence-electron chi connectivity index (χ0n) is 13.3. The normalized spacial score (nSPS) is 10.9. The number of para-hydroxylation sites is 1. The summed E-state index contributed by atoms with van der Waals surface area (Å²) in [4.78, 5) is 16.3. The molecule has 2 aromatic heterocycles. The van der Waals surface area contributed by atoms with E-state index < -0.39 is 0 Å². The van der Waals surface area contributed by atoms with Crippen LogP contribution in [0.3, 0.4) is 0 Å². The van der Waals surface area contributed by atoms with Crippen molar-refractivity contribution in [2.45, 2.75) is 13.0 Å². The Labute approximate surface area is 143 Å². The van der Waals surface area contributed by atoms with Crippen molar-refractivity contribution in [2.24, 2.45) is 0 Å². The molecule has 0 fully saturated rings. The molecular formula is C20H15NO4. The highest BCUT2D eigenvalue weighted by Gasteiger charge is 2.12. The van der Waals surface area contributed by atoms with Crippen LogP contribution in [-0.2, 0) is 22.6 Å². The van der Waals surface area contributed by atoms with Gasteiger partial charge in [-0.2, -0.15) is 0 Å². The second kappa shape index (κ2) is 6.65. The Bertz CT molecular complexity index is 968. The Morgan fingerprint density at radius 3 is 2.68 bits per heavy atom. The maximum Gasteiger partial charge on any atom is 0.312 e. The van der Waals surface area contributed by atoms with Crippen LogP contribution >= 0.6 is 0 Å². The summed E-state index contributed by atoms with van der Waals surface area (Å²) in [6.07, 6.45) is 1.53. The van der Waals surface area contributed by atoms with E-state index >= 15 is 0 Å². The van der Waals surface area contributed by atoms with Gasteiger partial charge in [0.15, 0.2) is 0 Å². The summed E-state index contributed by atoms with van der Waals surface area (Å²) in [6, 6.07) is 19.0. The number of aromatic nitrogens is 1. The molecule has 0 bridgehead atoms. The highest BCUT2D eigenvalue weighted by Crippen LogP contribution is 2.20. The Morgan fingerprint density at radius 1 is 1.04 bits per heavy atom. The first-order valence-electron chi connectivity index (χ1n) is 7.91. The molecule has 0 N–H and O–H groups in total. The number of nitrogens with zero attached hydrogens (tertiary/aromatic N) is 1.